The summed E-state index contributed by atoms with van der Waals surface area (Å²) in [4.78, 5) is 63.2. The second-order valence-electron chi connectivity index (χ2n) is 9.17. The minimum atomic E-state index is -0.878. The topological polar surface area (TPSA) is 157 Å². The number of hydrogen-bond acceptors (Lipinski definition) is 8. The van der Waals surface area contributed by atoms with Gasteiger partial charge in [0.25, 0.3) is 0 Å². The average molecular weight is 557 g/mol. The Kier molecular flexibility index (Phi) is 9.86. The summed E-state index contributed by atoms with van der Waals surface area (Å²) in [7, 11) is 0. The molecule has 12 nitrogen and oxygen atoms in total. The van der Waals surface area contributed by atoms with E-state index in [1.807, 2.05) is 42.5 Å². The maximum Gasteiger partial charge on any atom is 0.426 e. The fourth-order valence-electron chi connectivity index (χ4n) is 4.30. The van der Waals surface area contributed by atoms with Crippen LogP contribution in [-0.4, -0.2) is 22.0 Å². The number of nitrogens with zero attached hydrogens (tertiary/aromatic N) is 4. The van der Waals surface area contributed by atoms with Crippen LogP contribution < -0.4 is 27.8 Å². The highest BCUT2D eigenvalue weighted by Gasteiger charge is 2.13. The van der Waals surface area contributed by atoms with E-state index in [0.717, 1.165) is 26.8 Å². The normalized spacial score (nSPS) is 11.2. The standard InChI is InChI=1S/C29H28N6O6/c36-19-30-13-21-4-1-6-23(10-21)15-32-27-34(17-25-8-2-5-22(11-25)14-31-20-37)28(38)35(29(39)41-27)18-26-9-3-7-24(12-26)16-33-40/h1-12,19-20H,13-18H2,(H,30,36)(H,31,37)/b32-27-. The van der Waals surface area contributed by atoms with Crippen molar-refractivity contribution < 1.29 is 14.0 Å². The molecule has 2 N–H and O–H groups in total. The summed E-state index contributed by atoms with van der Waals surface area (Å²) in [5, 5.41) is 8.11. The quantitative estimate of drug-likeness (QED) is 0.177. The number of carbonyl (C=O) groups excluding carboxylic acids is 2. The van der Waals surface area contributed by atoms with Gasteiger partial charge in [0.2, 0.25) is 12.8 Å². The molecule has 0 spiro atoms. The van der Waals surface area contributed by atoms with E-state index in [0.29, 0.717) is 37.0 Å². The van der Waals surface area contributed by atoms with Gasteiger partial charge < -0.3 is 15.1 Å². The van der Waals surface area contributed by atoms with Crippen molar-refractivity contribution in [1.82, 2.24) is 19.8 Å². The Morgan fingerprint density at radius 1 is 0.683 bits per heavy atom. The molecule has 12 heteroatoms. The smallest absolute Gasteiger partial charge is 0.375 e. The molecule has 4 aromatic rings. The lowest BCUT2D eigenvalue weighted by Crippen LogP contribution is -2.47. The predicted octanol–water partition coefficient (Wildman–Crippen LogP) is 1.56. The Morgan fingerprint density at radius 3 is 1.76 bits per heavy atom. The van der Waals surface area contributed by atoms with Crippen LogP contribution in [0.4, 0.5) is 0 Å². The van der Waals surface area contributed by atoms with E-state index in [-0.39, 0.29) is 31.9 Å². The van der Waals surface area contributed by atoms with Crippen LogP contribution in [0.1, 0.15) is 33.4 Å². The molecule has 0 fully saturated rings. The zero-order valence-electron chi connectivity index (χ0n) is 22.1. The Bertz CT molecular complexity index is 1720. The van der Waals surface area contributed by atoms with Gasteiger partial charge in [-0.05, 0) is 33.4 Å². The van der Waals surface area contributed by atoms with Crippen LogP contribution in [0.2, 0.25) is 0 Å². The van der Waals surface area contributed by atoms with Crippen molar-refractivity contribution >= 4 is 12.8 Å². The van der Waals surface area contributed by atoms with Crippen molar-refractivity contribution in [2.24, 2.45) is 10.2 Å². The molecule has 2 amide bonds. The molecule has 0 aliphatic rings. The lowest BCUT2D eigenvalue weighted by molar-refractivity contribution is -0.110. The molecule has 0 bridgehead atoms. The maximum absolute atomic E-state index is 13.7. The third-order valence-corrected chi connectivity index (χ3v) is 6.17. The second-order valence-corrected chi connectivity index (χ2v) is 9.17. The first-order chi connectivity index (χ1) is 20.0. The summed E-state index contributed by atoms with van der Waals surface area (Å²) in [5.74, 6) is -0.878. The summed E-state index contributed by atoms with van der Waals surface area (Å²) in [6, 6.07) is 21.5. The summed E-state index contributed by atoms with van der Waals surface area (Å²) >= 11 is 0. The molecule has 3 aromatic carbocycles. The van der Waals surface area contributed by atoms with Gasteiger partial charge >= 0.3 is 17.1 Å². The highest BCUT2D eigenvalue weighted by Crippen LogP contribution is 2.09. The van der Waals surface area contributed by atoms with E-state index in [1.165, 1.54) is 4.57 Å². The third-order valence-electron chi connectivity index (χ3n) is 6.17. The van der Waals surface area contributed by atoms with Gasteiger partial charge in [-0.3, -0.25) is 9.59 Å². The van der Waals surface area contributed by atoms with Gasteiger partial charge in [0.05, 0.1) is 19.6 Å². The predicted molar refractivity (Wildman–Crippen MR) is 149 cm³/mol. The van der Waals surface area contributed by atoms with Crippen molar-refractivity contribution in [3.8, 4) is 0 Å². The molecule has 0 aliphatic carbocycles. The minimum absolute atomic E-state index is 0.0309. The van der Waals surface area contributed by atoms with E-state index >= 15 is 0 Å². The van der Waals surface area contributed by atoms with Crippen molar-refractivity contribution in [3.63, 3.8) is 0 Å². The fourth-order valence-corrected chi connectivity index (χ4v) is 4.30. The number of hydrogen-bond donors (Lipinski definition) is 2. The highest BCUT2D eigenvalue weighted by molar-refractivity contribution is 5.46. The van der Waals surface area contributed by atoms with Crippen LogP contribution in [-0.2, 0) is 48.9 Å². The minimum Gasteiger partial charge on any atom is -0.375 e. The van der Waals surface area contributed by atoms with E-state index < -0.39 is 11.4 Å². The lowest BCUT2D eigenvalue weighted by atomic mass is 10.1. The van der Waals surface area contributed by atoms with E-state index in [9.17, 15) is 24.1 Å². The average Bonchev–Trinajstić information content (AvgIpc) is 2.98. The molecule has 41 heavy (non-hydrogen) atoms. The largest absolute Gasteiger partial charge is 0.426 e. The Balaban J connectivity index is 1.75. The number of aromatic nitrogens is 2. The van der Waals surface area contributed by atoms with Crippen LogP contribution >= 0.6 is 0 Å². The van der Waals surface area contributed by atoms with Gasteiger partial charge in [-0.15, -0.1) is 0 Å². The van der Waals surface area contributed by atoms with Gasteiger partial charge in [0.15, 0.2) is 0 Å². The van der Waals surface area contributed by atoms with E-state index in [1.54, 1.807) is 30.3 Å². The molecule has 0 unspecified atom stereocenters. The highest BCUT2D eigenvalue weighted by atomic mass is 16.4. The van der Waals surface area contributed by atoms with E-state index in [4.69, 9.17) is 4.42 Å². The van der Waals surface area contributed by atoms with Crippen LogP contribution in [0.25, 0.3) is 0 Å². The molecule has 1 heterocycles. The maximum atomic E-state index is 13.7. The molecular formula is C29H28N6O6. The van der Waals surface area contributed by atoms with Crippen molar-refractivity contribution in [3.05, 3.63) is 138 Å². The summed E-state index contributed by atoms with van der Waals surface area (Å²) < 4.78 is 7.82. The van der Waals surface area contributed by atoms with Gasteiger partial charge in [-0.25, -0.2) is 23.7 Å². The number of carbonyl (C=O) groups is 2. The first-order valence-electron chi connectivity index (χ1n) is 12.7. The summed E-state index contributed by atoms with van der Waals surface area (Å²) in [5.41, 5.74) is 3.71. The number of nitroso groups, excluding NO2 is 1. The van der Waals surface area contributed by atoms with Gasteiger partial charge in [0, 0.05) is 13.1 Å². The van der Waals surface area contributed by atoms with Crippen LogP contribution in [0, 0.1) is 4.91 Å². The summed E-state index contributed by atoms with van der Waals surface area (Å²) in [6.45, 7) is 0.719. The van der Waals surface area contributed by atoms with Gasteiger partial charge in [-0.1, -0.05) is 78.0 Å². The third kappa shape index (κ3) is 7.82. The molecule has 4 rings (SSSR count). The van der Waals surface area contributed by atoms with Crippen LogP contribution in [0.5, 0.6) is 0 Å². The Labute approximate surface area is 234 Å². The summed E-state index contributed by atoms with van der Waals surface area (Å²) in [6.07, 6.45) is 1.22. The fraction of sp³-hybridized carbons (Fsp3) is 0.207. The zero-order chi connectivity index (χ0) is 29.0. The lowest BCUT2D eigenvalue weighted by Gasteiger charge is -2.11. The molecule has 0 saturated carbocycles. The van der Waals surface area contributed by atoms with Crippen molar-refractivity contribution in [2.45, 2.75) is 39.3 Å². The molecule has 1 aromatic heterocycles. The second kappa shape index (κ2) is 14.1. The van der Waals surface area contributed by atoms with E-state index in [2.05, 4.69) is 20.8 Å². The molecule has 0 radical (unpaired) electrons. The van der Waals surface area contributed by atoms with Crippen molar-refractivity contribution in [2.75, 3.05) is 0 Å². The Morgan fingerprint density at radius 2 is 1.17 bits per heavy atom. The van der Waals surface area contributed by atoms with Crippen molar-refractivity contribution in [1.29, 1.82) is 0 Å². The SMILES string of the molecule is O=CNCc1cccc(C/N=c2\oc(=O)n(Cc3cccc(CN=O)c3)c(=O)n2Cc2cccc(CNC=O)c2)c1. The number of nitrogens with one attached hydrogen (secondary N) is 2. The molecule has 0 atom stereocenters. The molecular weight excluding hydrogens is 528 g/mol. The zero-order valence-corrected chi connectivity index (χ0v) is 22.1. The Hall–Kier alpha value is -5.39. The number of benzene rings is 3. The first kappa shape index (κ1) is 28.6. The molecule has 210 valence electrons. The number of rotatable bonds is 14. The molecule has 0 saturated heterocycles. The van der Waals surface area contributed by atoms with Gasteiger partial charge in [-0.2, -0.15) is 4.91 Å². The van der Waals surface area contributed by atoms with Crippen LogP contribution in [0.3, 0.4) is 0 Å². The van der Waals surface area contributed by atoms with Crippen LogP contribution in [0.15, 0.2) is 97.0 Å². The van der Waals surface area contributed by atoms with Gasteiger partial charge in [0.1, 0.15) is 6.54 Å². The first-order valence-corrected chi connectivity index (χ1v) is 12.7. The number of amides is 2. The molecule has 0 aliphatic heterocycles. The monoisotopic (exact) mass is 556 g/mol.